The van der Waals surface area contributed by atoms with Crippen molar-refractivity contribution in [3.63, 3.8) is 0 Å². The van der Waals surface area contributed by atoms with E-state index < -0.39 is 5.97 Å². The summed E-state index contributed by atoms with van der Waals surface area (Å²) in [5.41, 5.74) is 0.668. The number of ketones is 1. The zero-order valence-electron chi connectivity index (χ0n) is 11.9. The summed E-state index contributed by atoms with van der Waals surface area (Å²) in [6.07, 6.45) is 0.167. The summed E-state index contributed by atoms with van der Waals surface area (Å²) in [6.45, 7) is 5.55. The van der Waals surface area contributed by atoms with Gasteiger partial charge < -0.3 is 10.0 Å². The normalized spacial score (nSPS) is 10.3. The Morgan fingerprint density at radius 3 is 2.35 bits per heavy atom. The molecule has 0 aliphatic carbocycles. The van der Waals surface area contributed by atoms with Crippen LogP contribution in [0.15, 0.2) is 6.07 Å². The Balaban J connectivity index is 2.58. The molecule has 1 amide bonds. The molecule has 0 atom stereocenters. The molecule has 0 aliphatic rings. The van der Waals surface area contributed by atoms with E-state index in [1.54, 1.807) is 18.3 Å². The first-order valence-corrected chi connectivity index (χ1v) is 7.26. The van der Waals surface area contributed by atoms with Crippen molar-refractivity contribution in [2.24, 2.45) is 0 Å². The van der Waals surface area contributed by atoms with Gasteiger partial charge in [0.05, 0.1) is 0 Å². The number of hydrogen-bond acceptors (Lipinski definition) is 4. The molecule has 110 valence electrons. The van der Waals surface area contributed by atoms with Crippen molar-refractivity contribution in [2.75, 3.05) is 13.1 Å². The summed E-state index contributed by atoms with van der Waals surface area (Å²) in [7, 11) is 0. The van der Waals surface area contributed by atoms with E-state index in [1.165, 1.54) is 4.90 Å². The van der Waals surface area contributed by atoms with Gasteiger partial charge in [0.2, 0.25) is 5.91 Å². The minimum Gasteiger partial charge on any atom is -0.480 e. The van der Waals surface area contributed by atoms with Crippen LogP contribution in [0.4, 0.5) is 0 Å². The van der Waals surface area contributed by atoms with Crippen molar-refractivity contribution < 1.29 is 19.5 Å². The topological polar surface area (TPSA) is 74.7 Å². The van der Waals surface area contributed by atoms with Crippen molar-refractivity contribution in [3.05, 3.63) is 21.4 Å². The summed E-state index contributed by atoms with van der Waals surface area (Å²) in [5, 5.41) is 8.70. The number of Topliss-reactive ketones (excluding diaryl/α,β-unsaturated/α-hetero) is 1. The number of hydrogen-bond donors (Lipinski definition) is 1. The lowest BCUT2D eigenvalue weighted by Gasteiger charge is -2.18. The van der Waals surface area contributed by atoms with E-state index >= 15 is 0 Å². The third-order valence-corrected chi connectivity index (χ3v) is 3.93. The molecular formula is C14H19NO4S. The maximum absolute atomic E-state index is 12.0. The monoisotopic (exact) mass is 297 g/mol. The third-order valence-electron chi connectivity index (χ3n) is 2.97. The fraction of sp³-hybridized carbons (Fsp3) is 0.500. The molecule has 0 spiro atoms. The van der Waals surface area contributed by atoms with Gasteiger partial charge in [-0.15, -0.1) is 11.3 Å². The molecule has 0 aromatic carbocycles. The Morgan fingerprint density at radius 1 is 1.25 bits per heavy atom. The van der Waals surface area contributed by atoms with Crippen LogP contribution in [0.25, 0.3) is 0 Å². The van der Waals surface area contributed by atoms with Gasteiger partial charge in [0.25, 0.3) is 0 Å². The molecule has 1 N–H and O–H groups in total. The number of amides is 1. The molecular weight excluding hydrogens is 278 g/mol. The number of nitrogens with zero attached hydrogens (tertiary/aromatic N) is 1. The molecule has 1 rings (SSSR count). The van der Waals surface area contributed by atoms with E-state index in [0.717, 1.165) is 9.75 Å². The predicted octanol–water partition coefficient (Wildman–Crippen LogP) is 2.26. The van der Waals surface area contributed by atoms with Gasteiger partial charge in [-0.1, -0.05) is 0 Å². The second-order valence-electron chi connectivity index (χ2n) is 4.55. The van der Waals surface area contributed by atoms with Crippen molar-refractivity contribution >= 4 is 29.0 Å². The standard InChI is InChI=1S/C14H19NO4S/c1-4-15(8-14(18)19)13(17)6-5-12(16)11-7-9(2)20-10(11)3/h7H,4-6,8H2,1-3H3,(H,18,19). The molecule has 1 aromatic rings. The molecule has 0 saturated heterocycles. The summed E-state index contributed by atoms with van der Waals surface area (Å²) >= 11 is 1.56. The highest BCUT2D eigenvalue weighted by Crippen LogP contribution is 2.22. The summed E-state index contributed by atoms with van der Waals surface area (Å²) in [6, 6.07) is 1.83. The van der Waals surface area contributed by atoms with E-state index in [4.69, 9.17) is 5.11 Å². The number of carbonyl (C=O) groups is 3. The number of aryl methyl sites for hydroxylation is 2. The zero-order chi connectivity index (χ0) is 15.3. The number of aliphatic carboxylic acids is 1. The smallest absolute Gasteiger partial charge is 0.323 e. The minimum atomic E-state index is -1.05. The van der Waals surface area contributed by atoms with E-state index in [2.05, 4.69) is 0 Å². The summed E-state index contributed by atoms with van der Waals surface area (Å²) in [5.74, 6) is -1.41. The Kier molecular flexibility index (Phi) is 5.88. The molecule has 20 heavy (non-hydrogen) atoms. The third kappa shape index (κ3) is 4.45. The number of rotatable bonds is 7. The number of carboxylic acids is 1. The number of carbonyl (C=O) groups excluding carboxylic acids is 2. The largest absolute Gasteiger partial charge is 0.480 e. The van der Waals surface area contributed by atoms with Gasteiger partial charge in [0, 0.05) is 34.7 Å². The Morgan fingerprint density at radius 2 is 1.90 bits per heavy atom. The molecule has 0 aliphatic heterocycles. The Labute approximate surface area is 122 Å². The molecule has 0 fully saturated rings. The lowest BCUT2D eigenvalue weighted by molar-refractivity contribution is -0.144. The van der Waals surface area contributed by atoms with Gasteiger partial charge >= 0.3 is 5.97 Å². The fourth-order valence-corrected chi connectivity index (χ4v) is 2.90. The van der Waals surface area contributed by atoms with E-state index in [0.29, 0.717) is 12.1 Å². The van der Waals surface area contributed by atoms with Crippen LogP contribution in [-0.2, 0) is 9.59 Å². The molecule has 0 saturated carbocycles. The van der Waals surface area contributed by atoms with Gasteiger partial charge in [0.1, 0.15) is 6.54 Å². The average Bonchev–Trinajstić information content (AvgIpc) is 2.71. The van der Waals surface area contributed by atoms with Crippen molar-refractivity contribution in [2.45, 2.75) is 33.6 Å². The molecule has 5 nitrogen and oxygen atoms in total. The lowest BCUT2D eigenvalue weighted by atomic mass is 10.1. The van der Waals surface area contributed by atoms with Crippen LogP contribution >= 0.6 is 11.3 Å². The fourth-order valence-electron chi connectivity index (χ4n) is 1.96. The highest BCUT2D eigenvalue weighted by Gasteiger charge is 2.18. The van der Waals surface area contributed by atoms with Crippen LogP contribution in [0.2, 0.25) is 0 Å². The van der Waals surface area contributed by atoms with Crippen LogP contribution in [0.3, 0.4) is 0 Å². The SMILES string of the molecule is CCN(CC(=O)O)C(=O)CCC(=O)c1cc(C)sc1C. The quantitative estimate of drug-likeness (QED) is 0.783. The van der Waals surface area contributed by atoms with Crippen LogP contribution in [0.5, 0.6) is 0 Å². The van der Waals surface area contributed by atoms with Gasteiger partial charge in [0.15, 0.2) is 5.78 Å². The molecule has 0 bridgehead atoms. The minimum absolute atomic E-state index is 0.0499. The first kappa shape index (κ1) is 16.4. The first-order valence-electron chi connectivity index (χ1n) is 6.45. The van der Waals surface area contributed by atoms with Crippen LogP contribution in [-0.4, -0.2) is 40.8 Å². The van der Waals surface area contributed by atoms with E-state index in [-0.39, 0.29) is 31.1 Å². The van der Waals surface area contributed by atoms with Gasteiger partial charge in [-0.05, 0) is 26.8 Å². The maximum Gasteiger partial charge on any atom is 0.323 e. The van der Waals surface area contributed by atoms with Gasteiger partial charge in [-0.2, -0.15) is 0 Å². The van der Waals surface area contributed by atoms with E-state index in [1.807, 2.05) is 19.9 Å². The molecule has 0 radical (unpaired) electrons. The van der Waals surface area contributed by atoms with Crippen molar-refractivity contribution in [1.29, 1.82) is 0 Å². The highest BCUT2D eigenvalue weighted by molar-refractivity contribution is 7.12. The Bertz CT molecular complexity index is 521. The maximum atomic E-state index is 12.0. The number of carboxylic acid groups (broad SMARTS) is 1. The van der Waals surface area contributed by atoms with Gasteiger partial charge in [-0.3, -0.25) is 14.4 Å². The molecule has 1 aromatic heterocycles. The average molecular weight is 297 g/mol. The van der Waals surface area contributed by atoms with Crippen molar-refractivity contribution in [3.8, 4) is 0 Å². The summed E-state index contributed by atoms with van der Waals surface area (Å²) in [4.78, 5) is 37.8. The zero-order valence-corrected chi connectivity index (χ0v) is 12.7. The van der Waals surface area contributed by atoms with Crippen LogP contribution in [0, 0.1) is 13.8 Å². The van der Waals surface area contributed by atoms with Gasteiger partial charge in [-0.25, -0.2) is 0 Å². The van der Waals surface area contributed by atoms with Crippen LogP contribution < -0.4 is 0 Å². The number of thiophene rings is 1. The second kappa shape index (κ2) is 7.19. The highest BCUT2D eigenvalue weighted by atomic mass is 32.1. The second-order valence-corrected chi connectivity index (χ2v) is 6.01. The predicted molar refractivity (Wildman–Crippen MR) is 77.2 cm³/mol. The lowest BCUT2D eigenvalue weighted by Crippen LogP contribution is -2.35. The molecule has 6 heteroatoms. The first-order chi connectivity index (χ1) is 9.35. The molecule has 1 heterocycles. The Hall–Kier alpha value is -1.69. The summed E-state index contributed by atoms with van der Waals surface area (Å²) < 4.78 is 0. The number of likely N-dealkylation sites (N-methyl/N-ethyl adjacent to an activating group) is 1. The van der Waals surface area contributed by atoms with E-state index in [9.17, 15) is 14.4 Å². The molecule has 0 unspecified atom stereocenters. The van der Waals surface area contributed by atoms with Crippen LogP contribution in [0.1, 0.15) is 39.9 Å². The van der Waals surface area contributed by atoms with Crippen molar-refractivity contribution in [1.82, 2.24) is 4.90 Å².